The highest BCUT2D eigenvalue weighted by molar-refractivity contribution is 14.1. The minimum absolute atomic E-state index is 0.00289. The first-order chi connectivity index (χ1) is 13.3. The summed E-state index contributed by atoms with van der Waals surface area (Å²) in [6.45, 7) is 1.15. The quantitative estimate of drug-likeness (QED) is 0.590. The minimum atomic E-state index is -3.74. The van der Waals surface area contributed by atoms with E-state index < -0.39 is 21.9 Å². The van der Waals surface area contributed by atoms with Crippen molar-refractivity contribution in [2.45, 2.75) is 4.90 Å². The highest BCUT2D eigenvalue weighted by Crippen LogP contribution is 2.22. The van der Waals surface area contributed by atoms with Crippen molar-refractivity contribution in [3.05, 3.63) is 57.2 Å². The highest BCUT2D eigenvalue weighted by Gasteiger charge is 2.27. The van der Waals surface area contributed by atoms with E-state index in [-0.39, 0.29) is 34.8 Å². The number of carbonyl (C=O) groups excluding carboxylic acids is 1. The average molecular weight is 516 g/mol. The van der Waals surface area contributed by atoms with E-state index in [0.717, 1.165) is 0 Å². The number of nitrogens with one attached hydrogen (secondary N) is 1. The first-order valence-corrected chi connectivity index (χ1v) is 10.8. The van der Waals surface area contributed by atoms with Crippen LogP contribution in [0.1, 0.15) is 20.7 Å². The van der Waals surface area contributed by atoms with Gasteiger partial charge in [-0.1, -0.05) is 6.07 Å². The number of nitrogens with zero attached hydrogens (tertiary/aromatic N) is 1. The predicted molar refractivity (Wildman–Crippen MR) is 110 cm³/mol. The standard InChI is InChI=1S/C18H17IN2O6S/c19-13-4-5-16(15(11-13)18(23)24)20-17(22)12-2-1-3-14(10-12)28(25,26)21-6-8-27-9-7-21/h1-5,10-11H,6-9H2,(H,20,22)(H,23,24). The molecule has 28 heavy (non-hydrogen) atoms. The van der Waals surface area contributed by atoms with E-state index in [0.29, 0.717) is 16.8 Å². The number of benzene rings is 2. The number of rotatable bonds is 5. The minimum Gasteiger partial charge on any atom is -0.478 e. The Morgan fingerprint density at radius 1 is 1.11 bits per heavy atom. The van der Waals surface area contributed by atoms with Crippen molar-refractivity contribution < 1.29 is 27.9 Å². The van der Waals surface area contributed by atoms with Gasteiger partial charge in [0.2, 0.25) is 10.0 Å². The van der Waals surface area contributed by atoms with Crippen molar-refractivity contribution in [2.75, 3.05) is 31.6 Å². The molecule has 0 unspecified atom stereocenters. The van der Waals surface area contributed by atoms with Gasteiger partial charge in [-0.05, 0) is 59.0 Å². The SMILES string of the molecule is O=C(Nc1ccc(I)cc1C(=O)O)c1cccc(S(=O)(=O)N2CCOCC2)c1. The number of hydrogen-bond donors (Lipinski definition) is 2. The Morgan fingerprint density at radius 2 is 1.82 bits per heavy atom. The Bertz CT molecular complexity index is 1020. The maximum Gasteiger partial charge on any atom is 0.337 e. The zero-order valence-corrected chi connectivity index (χ0v) is 17.6. The molecule has 0 aromatic heterocycles. The van der Waals surface area contributed by atoms with E-state index in [9.17, 15) is 23.1 Å². The van der Waals surface area contributed by atoms with Crippen molar-refractivity contribution in [1.82, 2.24) is 4.31 Å². The zero-order chi connectivity index (χ0) is 20.3. The molecule has 1 aliphatic rings. The summed E-state index contributed by atoms with van der Waals surface area (Å²) in [5, 5.41) is 11.9. The summed E-state index contributed by atoms with van der Waals surface area (Å²) in [5.41, 5.74) is 0.209. The second kappa shape index (κ2) is 8.55. The van der Waals surface area contributed by atoms with Gasteiger partial charge in [0.05, 0.1) is 29.4 Å². The summed E-state index contributed by atoms with van der Waals surface area (Å²) in [6, 6.07) is 10.3. The van der Waals surface area contributed by atoms with Crippen LogP contribution in [-0.4, -0.2) is 56.0 Å². The third kappa shape index (κ3) is 4.51. The fourth-order valence-electron chi connectivity index (χ4n) is 2.73. The number of ether oxygens (including phenoxy) is 1. The van der Waals surface area contributed by atoms with Crippen molar-refractivity contribution in [3.63, 3.8) is 0 Å². The summed E-state index contributed by atoms with van der Waals surface area (Å²) in [4.78, 5) is 24.0. The molecule has 0 radical (unpaired) electrons. The number of amides is 1. The van der Waals surface area contributed by atoms with Gasteiger partial charge < -0.3 is 15.2 Å². The van der Waals surface area contributed by atoms with Crippen molar-refractivity contribution >= 4 is 50.2 Å². The van der Waals surface area contributed by atoms with Crippen LogP contribution < -0.4 is 5.32 Å². The number of sulfonamides is 1. The number of hydrogen-bond acceptors (Lipinski definition) is 5. The van der Waals surface area contributed by atoms with Gasteiger partial charge in [-0.2, -0.15) is 4.31 Å². The Labute approximate surface area is 175 Å². The van der Waals surface area contributed by atoms with Crippen molar-refractivity contribution in [1.29, 1.82) is 0 Å². The zero-order valence-electron chi connectivity index (χ0n) is 14.6. The van der Waals surface area contributed by atoms with Crippen molar-refractivity contribution in [3.8, 4) is 0 Å². The van der Waals surface area contributed by atoms with Crippen LogP contribution in [0.5, 0.6) is 0 Å². The predicted octanol–water partition coefficient (Wildman–Crippen LogP) is 2.26. The van der Waals surface area contributed by atoms with E-state index in [2.05, 4.69) is 5.32 Å². The molecule has 2 aromatic carbocycles. The van der Waals surface area contributed by atoms with Gasteiger partial charge in [0, 0.05) is 22.2 Å². The lowest BCUT2D eigenvalue weighted by molar-refractivity contribution is 0.0698. The average Bonchev–Trinajstić information content (AvgIpc) is 2.70. The molecule has 0 spiro atoms. The third-order valence-electron chi connectivity index (χ3n) is 4.16. The topological polar surface area (TPSA) is 113 Å². The molecule has 1 amide bonds. The Hall–Kier alpha value is -2.02. The molecule has 3 rings (SSSR count). The number of carbonyl (C=O) groups is 2. The summed E-state index contributed by atoms with van der Waals surface area (Å²) in [7, 11) is -3.74. The maximum absolute atomic E-state index is 12.8. The first kappa shape index (κ1) is 20.7. The van der Waals surface area contributed by atoms with Gasteiger partial charge >= 0.3 is 5.97 Å². The van der Waals surface area contributed by atoms with Crippen LogP contribution in [-0.2, 0) is 14.8 Å². The first-order valence-electron chi connectivity index (χ1n) is 8.31. The van der Waals surface area contributed by atoms with Crippen LogP contribution in [0.3, 0.4) is 0 Å². The van der Waals surface area contributed by atoms with E-state index in [1.807, 2.05) is 22.6 Å². The van der Waals surface area contributed by atoms with Crippen LogP contribution in [0.25, 0.3) is 0 Å². The monoisotopic (exact) mass is 516 g/mol. The van der Waals surface area contributed by atoms with Gasteiger partial charge in [-0.25, -0.2) is 13.2 Å². The van der Waals surface area contributed by atoms with Crippen molar-refractivity contribution in [2.24, 2.45) is 0 Å². The van der Waals surface area contributed by atoms with Crippen LogP contribution in [0.2, 0.25) is 0 Å². The van der Waals surface area contributed by atoms with Crippen LogP contribution in [0.4, 0.5) is 5.69 Å². The third-order valence-corrected chi connectivity index (χ3v) is 6.73. The number of halogens is 1. The van der Waals surface area contributed by atoms with Crippen LogP contribution in [0.15, 0.2) is 47.4 Å². The van der Waals surface area contributed by atoms with Gasteiger partial charge in [-0.15, -0.1) is 0 Å². The highest BCUT2D eigenvalue weighted by atomic mass is 127. The Balaban J connectivity index is 1.86. The molecule has 0 atom stereocenters. The fraction of sp³-hybridized carbons (Fsp3) is 0.222. The molecule has 0 aliphatic carbocycles. The summed E-state index contributed by atoms with van der Waals surface area (Å²) in [6.07, 6.45) is 0. The Morgan fingerprint density at radius 3 is 2.50 bits per heavy atom. The molecule has 8 nitrogen and oxygen atoms in total. The molecule has 1 heterocycles. The molecule has 1 fully saturated rings. The molecule has 148 valence electrons. The number of carboxylic acid groups (broad SMARTS) is 1. The van der Waals surface area contributed by atoms with Gasteiger partial charge in [0.25, 0.3) is 5.91 Å². The van der Waals surface area contributed by atoms with Gasteiger partial charge in [0.15, 0.2) is 0 Å². The molecule has 0 saturated carbocycles. The van der Waals surface area contributed by atoms with E-state index in [4.69, 9.17) is 4.74 Å². The summed E-state index contributed by atoms with van der Waals surface area (Å²) >= 11 is 1.98. The molecule has 2 N–H and O–H groups in total. The largest absolute Gasteiger partial charge is 0.478 e. The normalized spacial score (nSPS) is 15.2. The molecular weight excluding hydrogens is 499 g/mol. The Kier molecular flexibility index (Phi) is 6.33. The van der Waals surface area contributed by atoms with Gasteiger partial charge in [-0.3, -0.25) is 4.79 Å². The van der Waals surface area contributed by atoms with E-state index in [1.54, 1.807) is 6.07 Å². The number of anilines is 1. The fourth-order valence-corrected chi connectivity index (χ4v) is 4.68. The molecule has 1 aliphatic heterocycles. The lowest BCUT2D eigenvalue weighted by atomic mass is 10.1. The molecular formula is C18H17IN2O6S. The van der Waals surface area contributed by atoms with E-state index in [1.165, 1.54) is 40.7 Å². The molecule has 1 saturated heterocycles. The van der Waals surface area contributed by atoms with Crippen LogP contribution >= 0.6 is 22.6 Å². The molecule has 10 heteroatoms. The number of morpholine rings is 1. The smallest absolute Gasteiger partial charge is 0.337 e. The summed E-state index contributed by atoms with van der Waals surface area (Å²) < 4.78 is 32.7. The maximum atomic E-state index is 12.8. The lowest BCUT2D eigenvalue weighted by Gasteiger charge is -2.26. The second-order valence-electron chi connectivity index (χ2n) is 5.99. The summed E-state index contributed by atoms with van der Waals surface area (Å²) in [5.74, 6) is -1.76. The van der Waals surface area contributed by atoms with Crippen LogP contribution in [0, 0.1) is 3.57 Å². The second-order valence-corrected chi connectivity index (χ2v) is 9.18. The van der Waals surface area contributed by atoms with E-state index >= 15 is 0 Å². The molecule has 2 aromatic rings. The number of carboxylic acids is 1. The molecule has 0 bridgehead atoms. The number of aromatic carboxylic acids is 1. The van der Waals surface area contributed by atoms with Gasteiger partial charge in [0.1, 0.15) is 0 Å². The lowest BCUT2D eigenvalue weighted by Crippen LogP contribution is -2.40.